The Balaban J connectivity index is 1.96. The lowest BCUT2D eigenvalue weighted by Gasteiger charge is -2.35. The van der Waals surface area contributed by atoms with Crippen molar-refractivity contribution in [3.8, 4) is 0 Å². The fourth-order valence-corrected chi connectivity index (χ4v) is 2.26. The first-order valence-corrected chi connectivity index (χ1v) is 6.51. The van der Waals surface area contributed by atoms with E-state index in [4.69, 9.17) is 10.5 Å². The van der Waals surface area contributed by atoms with Crippen LogP contribution in [0.3, 0.4) is 0 Å². The molecule has 1 heterocycles. The first-order chi connectivity index (χ1) is 9.22. The predicted molar refractivity (Wildman–Crippen MR) is 71.4 cm³/mol. The second-order valence-corrected chi connectivity index (χ2v) is 4.72. The summed E-state index contributed by atoms with van der Waals surface area (Å²) in [5.41, 5.74) is 7.00. The van der Waals surface area contributed by atoms with Crippen LogP contribution in [0.4, 0.5) is 0 Å². The number of carbonyl (C=O) groups excluding carboxylic acids is 1. The molecule has 0 spiro atoms. The highest BCUT2D eigenvalue weighted by Gasteiger charge is 2.27. The Hall–Kier alpha value is -1.43. The summed E-state index contributed by atoms with van der Waals surface area (Å²) < 4.78 is 5.26. The highest BCUT2D eigenvalue weighted by molar-refractivity contribution is 5.77. The Kier molecular flexibility index (Phi) is 4.90. The molecule has 1 aromatic carbocycles. The summed E-state index contributed by atoms with van der Waals surface area (Å²) in [4.78, 5) is 13.9. The number of ether oxygens (including phenoxy) is 1. The van der Waals surface area contributed by atoms with Crippen LogP contribution < -0.4 is 5.73 Å². The van der Waals surface area contributed by atoms with Gasteiger partial charge in [0.05, 0.1) is 25.9 Å². The maximum absolute atomic E-state index is 12.2. The summed E-state index contributed by atoms with van der Waals surface area (Å²) in [6, 6.07) is 9.01. The van der Waals surface area contributed by atoms with Gasteiger partial charge in [0.25, 0.3) is 0 Å². The molecule has 5 heteroatoms. The Morgan fingerprint density at radius 2 is 2.21 bits per heavy atom. The molecule has 104 valence electrons. The second-order valence-electron chi connectivity index (χ2n) is 4.72. The Bertz CT molecular complexity index is 410. The zero-order valence-electron chi connectivity index (χ0n) is 10.9. The van der Waals surface area contributed by atoms with E-state index >= 15 is 0 Å². The van der Waals surface area contributed by atoms with Crippen molar-refractivity contribution in [2.45, 2.75) is 18.5 Å². The quantitative estimate of drug-likeness (QED) is 0.820. The molecule has 1 saturated heterocycles. The van der Waals surface area contributed by atoms with Crippen molar-refractivity contribution in [1.29, 1.82) is 0 Å². The predicted octanol–water partition coefficient (Wildman–Crippen LogP) is 0.296. The number of morpholine rings is 1. The summed E-state index contributed by atoms with van der Waals surface area (Å²) in [6.45, 7) is 1.35. The molecule has 2 rings (SSSR count). The fraction of sp³-hybridized carbons (Fsp3) is 0.500. The molecule has 0 aromatic heterocycles. The van der Waals surface area contributed by atoms with Gasteiger partial charge in [-0.3, -0.25) is 4.79 Å². The Morgan fingerprint density at radius 1 is 1.47 bits per heavy atom. The number of benzene rings is 1. The normalized spacial score (nSPS) is 21.2. The van der Waals surface area contributed by atoms with E-state index in [2.05, 4.69) is 0 Å². The van der Waals surface area contributed by atoms with Gasteiger partial charge in [-0.15, -0.1) is 0 Å². The van der Waals surface area contributed by atoms with Gasteiger partial charge in [-0.2, -0.15) is 0 Å². The van der Waals surface area contributed by atoms with Crippen molar-refractivity contribution in [3.05, 3.63) is 35.9 Å². The minimum atomic E-state index is -0.309. The average molecular weight is 264 g/mol. The van der Waals surface area contributed by atoms with E-state index < -0.39 is 0 Å². The van der Waals surface area contributed by atoms with Crippen LogP contribution in [-0.2, 0) is 9.53 Å². The maximum Gasteiger partial charge on any atom is 0.224 e. The van der Waals surface area contributed by atoms with Gasteiger partial charge in [-0.05, 0) is 5.56 Å². The third-order valence-corrected chi connectivity index (χ3v) is 3.38. The summed E-state index contributed by atoms with van der Waals surface area (Å²) in [7, 11) is 0. The molecular weight excluding hydrogens is 244 g/mol. The van der Waals surface area contributed by atoms with Crippen molar-refractivity contribution < 1.29 is 14.6 Å². The summed E-state index contributed by atoms with van der Waals surface area (Å²) in [5, 5.41) is 9.26. The molecule has 0 aliphatic carbocycles. The molecule has 5 nitrogen and oxygen atoms in total. The minimum absolute atomic E-state index is 0.0290. The summed E-state index contributed by atoms with van der Waals surface area (Å²) in [6.07, 6.45) is 0.251. The van der Waals surface area contributed by atoms with Crippen molar-refractivity contribution >= 4 is 5.91 Å². The lowest BCUT2D eigenvalue weighted by molar-refractivity contribution is -0.142. The zero-order valence-corrected chi connectivity index (χ0v) is 10.9. The maximum atomic E-state index is 12.2. The smallest absolute Gasteiger partial charge is 0.224 e. The van der Waals surface area contributed by atoms with E-state index in [1.165, 1.54) is 0 Å². The molecular formula is C14H20N2O3. The third kappa shape index (κ3) is 3.53. The number of nitrogens with two attached hydrogens (primary N) is 1. The molecule has 1 amide bonds. The van der Waals surface area contributed by atoms with Crippen molar-refractivity contribution in [1.82, 2.24) is 4.90 Å². The molecule has 19 heavy (non-hydrogen) atoms. The van der Waals surface area contributed by atoms with Gasteiger partial charge in [0.1, 0.15) is 0 Å². The molecule has 1 aliphatic rings. The third-order valence-electron chi connectivity index (χ3n) is 3.38. The van der Waals surface area contributed by atoms with Crippen LogP contribution in [0.2, 0.25) is 0 Å². The second kappa shape index (κ2) is 6.65. The Labute approximate surface area is 113 Å². The van der Waals surface area contributed by atoms with Crippen LogP contribution in [-0.4, -0.2) is 48.3 Å². The first-order valence-electron chi connectivity index (χ1n) is 6.51. The van der Waals surface area contributed by atoms with Crippen LogP contribution in [0.1, 0.15) is 18.0 Å². The van der Waals surface area contributed by atoms with Gasteiger partial charge < -0.3 is 20.5 Å². The van der Waals surface area contributed by atoms with Gasteiger partial charge in [-0.25, -0.2) is 0 Å². The standard InChI is InChI=1S/C14H20N2O3/c15-13(11-4-2-1-3-5-11)8-14(18)16-6-7-19-10-12(16)9-17/h1-5,12-13,17H,6-10,15H2. The van der Waals surface area contributed by atoms with Crippen LogP contribution in [0.5, 0.6) is 0 Å². The Morgan fingerprint density at radius 3 is 2.89 bits per heavy atom. The number of nitrogens with zero attached hydrogens (tertiary/aromatic N) is 1. The van der Waals surface area contributed by atoms with Crippen LogP contribution >= 0.6 is 0 Å². The number of aliphatic hydroxyl groups is 1. The molecule has 2 atom stereocenters. The van der Waals surface area contributed by atoms with E-state index in [9.17, 15) is 9.90 Å². The summed E-state index contributed by atoms with van der Waals surface area (Å²) in [5.74, 6) is -0.0290. The molecule has 0 radical (unpaired) electrons. The highest BCUT2D eigenvalue weighted by Crippen LogP contribution is 2.17. The average Bonchev–Trinajstić information content (AvgIpc) is 2.48. The topological polar surface area (TPSA) is 75.8 Å². The molecule has 1 aliphatic heterocycles. The minimum Gasteiger partial charge on any atom is -0.394 e. The molecule has 0 saturated carbocycles. The molecule has 1 aromatic rings. The number of aliphatic hydroxyl groups excluding tert-OH is 1. The van der Waals surface area contributed by atoms with E-state index in [0.717, 1.165) is 5.56 Å². The number of hydrogen-bond donors (Lipinski definition) is 2. The van der Waals surface area contributed by atoms with Crippen molar-refractivity contribution in [2.24, 2.45) is 5.73 Å². The highest BCUT2D eigenvalue weighted by atomic mass is 16.5. The fourth-order valence-electron chi connectivity index (χ4n) is 2.26. The number of amides is 1. The van der Waals surface area contributed by atoms with Crippen LogP contribution in [0.15, 0.2) is 30.3 Å². The molecule has 3 N–H and O–H groups in total. The lowest BCUT2D eigenvalue weighted by Crippen LogP contribution is -2.51. The molecule has 2 unspecified atom stereocenters. The van der Waals surface area contributed by atoms with Crippen molar-refractivity contribution in [3.63, 3.8) is 0 Å². The lowest BCUT2D eigenvalue weighted by atomic mass is 10.0. The first kappa shape index (κ1) is 14.0. The van der Waals surface area contributed by atoms with Gasteiger partial charge >= 0.3 is 0 Å². The van der Waals surface area contributed by atoms with E-state index in [0.29, 0.717) is 19.8 Å². The van der Waals surface area contributed by atoms with Crippen molar-refractivity contribution in [2.75, 3.05) is 26.4 Å². The van der Waals surface area contributed by atoms with Gasteiger partial charge in [0.2, 0.25) is 5.91 Å². The van der Waals surface area contributed by atoms with Gasteiger partial charge in [0.15, 0.2) is 0 Å². The monoisotopic (exact) mass is 264 g/mol. The van der Waals surface area contributed by atoms with Crippen LogP contribution in [0.25, 0.3) is 0 Å². The zero-order chi connectivity index (χ0) is 13.7. The SMILES string of the molecule is NC(CC(=O)N1CCOCC1CO)c1ccccc1. The molecule has 0 bridgehead atoms. The van der Waals surface area contributed by atoms with E-state index in [1.807, 2.05) is 30.3 Å². The number of carbonyl (C=O) groups is 1. The number of hydrogen-bond acceptors (Lipinski definition) is 4. The molecule has 1 fully saturated rings. The van der Waals surface area contributed by atoms with Crippen LogP contribution in [0, 0.1) is 0 Å². The van der Waals surface area contributed by atoms with E-state index in [1.54, 1.807) is 4.90 Å². The van der Waals surface area contributed by atoms with Gasteiger partial charge in [0, 0.05) is 19.0 Å². The largest absolute Gasteiger partial charge is 0.394 e. The van der Waals surface area contributed by atoms with Gasteiger partial charge in [-0.1, -0.05) is 30.3 Å². The summed E-state index contributed by atoms with van der Waals surface area (Å²) >= 11 is 0. The van der Waals surface area contributed by atoms with E-state index in [-0.39, 0.29) is 31.0 Å². The number of rotatable bonds is 4.